The molecule has 0 unspecified atom stereocenters. The Morgan fingerprint density at radius 3 is 1.50 bits per heavy atom. The molecule has 0 aliphatic rings. The zero-order valence-electron chi connectivity index (χ0n) is 3.72. The third-order valence-corrected chi connectivity index (χ3v) is 0. The Morgan fingerprint density at radius 1 is 1.50 bits per heavy atom. The summed E-state index contributed by atoms with van der Waals surface area (Å²) in [6.45, 7) is 0. The van der Waals surface area contributed by atoms with Crippen molar-refractivity contribution in [2.75, 3.05) is 12.5 Å². The molecular formula is C2H8O2S2. The van der Waals surface area contributed by atoms with E-state index in [1.54, 1.807) is 25.0 Å². The molecule has 0 aromatic heterocycles. The first-order valence-corrected chi connectivity index (χ1v) is 3.56. The first kappa shape index (κ1) is 9.68. The van der Waals surface area contributed by atoms with Crippen molar-refractivity contribution in [2.45, 2.75) is 0 Å². The SMILES string of the molecule is C[S+](C)[O-].O=[SH2]. The Kier molecular flexibility index (Phi) is 14.6. The predicted octanol–water partition coefficient (Wildman–Crippen LogP) is -0.877. The normalized spacial score (nSPS) is 6.83. The van der Waals surface area contributed by atoms with Gasteiger partial charge in [0.2, 0.25) is 0 Å². The van der Waals surface area contributed by atoms with Crippen LogP contribution in [0.4, 0.5) is 0 Å². The fraction of sp³-hybridized carbons (Fsp3) is 1.00. The van der Waals surface area contributed by atoms with Crippen LogP contribution in [0.15, 0.2) is 0 Å². The number of hydrogen-bond donors (Lipinski definition) is 0. The molecule has 0 aromatic rings. The van der Waals surface area contributed by atoms with Crippen LogP contribution in [0.1, 0.15) is 0 Å². The van der Waals surface area contributed by atoms with Gasteiger partial charge in [-0.15, -0.1) is 0 Å². The van der Waals surface area contributed by atoms with Crippen molar-refractivity contribution in [1.82, 2.24) is 0 Å². The Morgan fingerprint density at radius 2 is 1.50 bits per heavy atom. The van der Waals surface area contributed by atoms with Gasteiger partial charge in [-0.25, -0.2) is 0 Å². The van der Waals surface area contributed by atoms with Crippen molar-refractivity contribution < 1.29 is 8.76 Å². The summed E-state index contributed by atoms with van der Waals surface area (Å²) in [5.74, 6) is 0. The van der Waals surface area contributed by atoms with Gasteiger partial charge in [-0.3, -0.25) is 4.21 Å². The summed E-state index contributed by atoms with van der Waals surface area (Å²) in [6, 6.07) is 0. The van der Waals surface area contributed by atoms with Gasteiger partial charge < -0.3 is 4.55 Å². The molecule has 0 aromatic carbocycles. The maximum absolute atomic E-state index is 9.56. The molecule has 0 saturated carbocycles. The maximum Gasteiger partial charge on any atom is 0.0946 e. The molecule has 0 amide bonds. The molecule has 0 bridgehead atoms. The molecule has 0 saturated heterocycles. The van der Waals surface area contributed by atoms with E-state index in [2.05, 4.69) is 0 Å². The smallest absolute Gasteiger partial charge is 0.0946 e. The van der Waals surface area contributed by atoms with Crippen LogP contribution in [0.3, 0.4) is 0 Å². The quantitative estimate of drug-likeness (QED) is 0.398. The van der Waals surface area contributed by atoms with Crippen molar-refractivity contribution in [3.8, 4) is 0 Å². The Labute approximate surface area is 45.6 Å². The average Bonchev–Trinajstić information content (AvgIpc) is 1.41. The predicted molar refractivity (Wildman–Crippen MR) is 30.9 cm³/mol. The van der Waals surface area contributed by atoms with Crippen LogP contribution in [-0.2, 0) is 23.7 Å². The molecule has 0 spiro atoms. The van der Waals surface area contributed by atoms with E-state index in [-0.39, 0.29) is 0 Å². The van der Waals surface area contributed by atoms with Gasteiger partial charge in [0.1, 0.15) is 0 Å². The van der Waals surface area contributed by atoms with Crippen molar-refractivity contribution >= 4 is 23.7 Å². The highest BCUT2D eigenvalue weighted by atomic mass is 32.2. The molecule has 0 aliphatic heterocycles. The zero-order chi connectivity index (χ0) is 5.58. The highest BCUT2D eigenvalue weighted by molar-refractivity contribution is 7.89. The fourth-order valence-electron chi connectivity index (χ4n) is 0. The molecule has 2 nitrogen and oxygen atoms in total. The first-order valence-electron chi connectivity index (χ1n) is 1.19. The van der Waals surface area contributed by atoms with Gasteiger partial charge in [0.05, 0.1) is 12.5 Å². The van der Waals surface area contributed by atoms with Gasteiger partial charge >= 0.3 is 0 Å². The highest BCUT2D eigenvalue weighted by Gasteiger charge is 1.66. The lowest BCUT2D eigenvalue weighted by Crippen LogP contribution is -1.86. The van der Waals surface area contributed by atoms with E-state index in [9.17, 15) is 4.55 Å². The summed E-state index contributed by atoms with van der Waals surface area (Å²) in [5, 5.41) is 0. The first-order chi connectivity index (χ1) is 2.73. The minimum atomic E-state index is -0.611. The summed E-state index contributed by atoms with van der Waals surface area (Å²) >= 11 is 1.11. The molecule has 0 aliphatic carbocycles. The van der Waals surface area contributed by atoms with Gasteiger partial charge in [-0.05, 0) is 12.5 Å². The topological polar surface area (TPSA) is 40.1 Å². The van der Waals surface area contributed by atoms with E-state index in [4.69, 9.17) is 4.21 Å². The van der Waals surface area contributed by atoms with Crippen LogP contribution in [0.5, 0.6) is 0 Å². The largest absolute Gasteiger partial charge is 0.617 e. The van der Waals surface area contributed by atoms with Crippen LogP contribution >= 0.6 is 0 Å². The van der Waals surface area contributed by atoms with Crippen LogP contribution in [-0.4, -0.2) is 21.3 Å². The average molecular weight is 128 g/mol. The maximum atomic E-state index is 9.56. The third kappa shape index (κ3) is 252. The molecule has 6 heavy (non-hydrogen) atoms. The van der Waals surface area contributed by atoms with E-state index < -0.39 is 11.2 Å². The van der Waals surface area contributed by atoms with E-state index in [0.717, 1.165) is 0 Å². The summed E-state index contributed by atoms with van der Waals surface area (Å²) < 4.78 is 17.6. The van der Waals surface area contributed by atoms with Crippen molar-refractivity contribution in [1.29, 1.82) is 0 Å². The summed E-state index contributed by atoms with van der Waals surface area (Å²) in [6.07, 6.45) is 3.28. The van der Waals surface area contributed by atoms with Crippen LogP contribution < -0.4 is 0 Å². The minimum absolute atomic E-state index is 0.611. The number of hydrogen-bond acceptors (Lipinski definition) is 2. The van der Waals surface area contributed by atoms with Gasteiger partial charge in [0.15, 0.2) is 0 Å². The zero-order valence-corrected chi connectivity index (χ0v) is 5.54. The molecule has 0 rings (SSSR count). The Balaban J connectivity index is 0. The molecule has 4 heteroatoms. The number of rotatable bonds is 0. The van der Waals surface area contributed by atoms with Gasteiger partial charge in [-0.2, -0.15) is 0 Å². The molecule has 0 atom stereocenters. The summed E-state index contributed by atoms with van der Waals surface area (Å²) in [7, 11) is 0. The monoisotopic (exact) mass is 128 g/mol. The molecule has 0 N–H and O–H groups in total. The van der Waals surface area contributed by atoms with E-state index in [1.165, 1.54) is 0 Å². The molecular weight excluding hydrogens is 120 g/mol. The molecule has 40 valence electrons. The van der Waals surface area contributed by atoms with Crippen molar-refractivity contribution in [3.63, 3.8) is 0 Å². The second kappa shape index (κ2) is 9.07. The molecule has 0 heterocycles. The Hall–Kier alpha value is 0.460. The van der Waals surface area contributed by atoms with Crippen LogP contribution in [0.2, 0.25) is 0 Å². The van der Waals surface area contributed by atoms with E-state index in [0.29, 0.717) is 0 Å². The van der Waals surface area contributed by atoms with Crippen LogP contribution in [0.25, 0.3) is 0 Å². The standard InChI is InChI=1S/C2H6OS.H2OS/c1-4(2)3;1-2/h1-2H3;2H2. The van der Waals surface area contributed by atoms with Gasteiger partial charge in [0.25, 0.3) is 0 Å². The van der Waals surface area contributed by atoms with Crippen molar-refractivity contribution in [3.05, 3.63) is 0 Å². The lowest BCUT2D eigenvalue weighted by molar-refractivity contribution is 0.606. The summed E-state index contributed by atoms with van der Waals surface area (Å²) in [5.41, 5.74) is 0. The highest BCUT2D eigenvalue weighted by Crippen LogP contribution is 1.61. The second-order valence-electron chi connectivity index (χ2n) is 0.742. The van der Waals surface area contributed by atoms with Gasteiger partial charge in [-0.1, -0.05) is 11.2 Å². The lowest BCUT2D eigenvalue weighted by Gasteiger charge is -1.87. The van der Waals surface area contributed by atoms with E-state index in [1.807, 2.05) is 0 Å². The van der Waals surface area contributed by atoms with E-state index >= 15 is 0 Å². The molecule has 0 radical (unpaired) electrons. The van der Waals surface area contributed by atoms with Crippen LogP contribution in [0, 0.1) is 0 Å². The Bertz CT molecular complexity index is 20.8. The van der Waals surface area contributed by atoms with Gasteiger partial charge in [0, 0.05) is 0 Å². The van der Waals surface area contributed by atoms with Crippen molar-refractivity contribution in [2.24, 2.45) is 0 Å². The second-order valence-corrected chi connectivity index (χ2v) is 2.22. The summed E-state index contributed by atoms with van der Waals surface area (Å²) in [4.78, 5) is 0. The molecule has 0 fully saturated rings. The third-order valence-electron chi connectivity index (χ3n) is 0. The lowest BCUT2D eigenvalue weighted by atomic mass is 11.9. The minimum Gasteiger partial charge on any atom is -0.617 e. The fourth-order valence-corrected chi connectivity index (χ4v) is 0.